The maximum atomic E-state index is 5.73. The van der Waals surface area contributed by atoms with Crippen LogP contribution >= 0.6 is 0 Å². The molecule has 0 amide bonds. The number of hydrogen-bond donors (Lipinski definition) is 1. The second kappa shape index (κ2) is 4.04. The van der Waals surface area contributed by atoms with E-state index >= 15 is 0 Å². The lowest BCUT2D eigenvalue weighted by molar-refractivity contribution is 0.339. The molecule has 0 aliphatic heterocycles. The Bertz CT molecular complexity index is 451. The minimum atomic E-state index is 0.460. The lowest BCUT2D eigenvalue weighted by Crippen LogP contribution is -2.03. The molecule has 4 nitrogen and oxygen atoms in total. The second-order valence-electron chi connectivity index (χ2n) is 3.06. The van der Waals surface area contributed by atoms with E-state index in [2.05, 4.69) is 4.98 Å². The quantitative estimate of drug-likeness (QED) is 0.828. The molecule has 1 heterocycles. The van der Waals surface area contributed by atoms with Crippen molar-refractivity contribution in [2.24, 2.45) is 0 Å². The first-order valence-corrected chi connectivity index (χ1v) is 4.84. The fourth-order valence-electron chi connectivity index (χ4n) is 1.45. The SMILES string of the molecule is CCOc1ccccc1-n1ccnc1N. The monoisotopic (exact) mass is 203 g/mol. The van der Waals surface area contributed by atoms with Gasteiger partial charge in [-0.05, 0) is 19.1 Å². The molecule has 0 spiro atoms. The maximum Gasteiger partial charge on any atom is 0.204 e. The van der Waals surface area contributed by atoms with E-state index in [9.17, 15) is 0 Å². The van der Waals surface area contributed by atoms with Crippen molar-refractivity contribution in [2.45, 2.75) is 6.92 Å². The van der Waals surface area contributed by atoms with Crippen LogP contribution in [0.15, 0.2) is 36.7 Å². The average molecular weight is 203 g/mol. The van der Waals surface area contributed by atoms with Crippen LogP contribution in [0.3, 0.4) is 0 Å². The Kier molecular flexibility index (Phi) is 2.58. The molecule has 2 rings (SSSR count). The van der Waals surface area contributed by atoms with Gasteiger partial charge in [0, 0.05) is 12.4 Å². The fourth-order valence-corrected chi connectivity index (χ4v) is 1.45. The first-order valence-electron chi connectivity index (χ1n) is 4.84. The minimum absolute atomic E-state index is 0.460. The summed E-state index contributed by atoms with van der Waals surface area (Å²) in [6.07, 6.45) is 3.48. The van der Waals surface area contributed by atoms with Crippen LogP contribution in [0.25, 0.3) is 5.69 Å². The molecule has 1 aromatic heterocycles. The van der Waals surface area contributed by atoms with Gasteiger partial charge in [-0.25, -0.2) is 4.98 Å². The topological polar surface area (TPSA) is 53.1 Å². The molecule has 0 unspecified atom stereocenters. The number of anilines is 1. The zero-order valence-electron chi connectivity index (χ0n) is 8.55. The number of imidazole rings is 1. The van der Waals surface area contributed by atoms with Gasteiger partial charge in [0.2, 0.25) is 5.95 Å². The molecule has 0 aliphatic carbocycles. The highest BCUT2D eigenvalue weighted by atomic mass is 16.5. The van der Waals surface area contributed by atoms with Gasteiger partial charge in [0.1, 0.15) is 5.75 Å². The molecule has 0 saturated carbocycles. The molecule has 78 valence electrons. The molecular formula is C11H13N3O. The molecule has 0 fully saturated rings. The number of rotatable bonds is 3. The molecule has 2 aromatic rings. The smallest absolute Gasteiger partial charge is 0.204 e. The zero-order chi connectivity index (χ0) is 10.7. The van der Waals surface area contributed by atoms with Crippen molar-refractivity contribution >= 4 is 5.95 Å². The third-order valence-corrected chi connectivity index (χ3v) is 2.09. The van der Waals surface area contributed by atoms with E-state index < -0.39 is 0 Å². The Morgan fingerprint density at radius 3 is 2.87 bits per heavy atom. The van der Waals surface area contributed by atoms with Gasteiger partial charge in [0.15, 0.2) is 0 Å². The van der Waals surface area contributed by atoms with Crippen molar-refractivity contribution in [1.29, 1.82) is 0 Å². The zero-order valence-corrected chi connectivity index (χ0v) is 8.55. The van der Waals surface area contributed by atoms with E-state index in [-0.39, 0.29) is 0 Å². The van der Waals surface area contributed by atoms with Crippen LogP contribution in [0, 0.1) is 0 Å². The summed E-state index contributed by atoms with van der Waals surface area (Å²) >= 11 is 0. The molecule has 0 bridgehead atoms. The van der Waals surface area contributed by atoms with Gasteiger partial charge in [-0.1, -0.05) is 12.1 Å². The molecule has 2 N–H and O–H groups in total. The molecular weight excluding hydrogens is 190 g/mol. The summed E-state index contributed by atoms with van der Waals surface area (Å²) in [6, 6.07) is 7.74. The number of nitrogen functional groups attached to an aromatic ring is 1. The van der Waals surface area contributed by atoms with Crippen LogP contribution in [-0.2, 0) is 0 Å². The number of aromatic nitrogens is 2. The summed E-state index contributed by atoms with van der Waals surface area (Å²) in [5.41, 5.74) is 6.65. The average Bonchev–Trinajstić information content (AvgIpc) is 2.66. The number of para-hydroxylation sites is 2. The Hall–Kier alpha value is -1.97. The maximum absolute atomic E-state index is 5.73. The first-order chi connectivity index (χ1) is 7.33. The molecule has 4 heteroatoms. The van der Waals surface area contributed by atoms with Gasteiger partial charge in [-0.3, -0.25) is 4.57 Å². The summed E-state index contributed by atoms with van der Waals surface area (Å²) < 4.78 is 7.31. The fraction of sp³-hybridized carbons (Fsp3) is 0.182. The largest absolute Gasteiger partial charge is 0.492 e. The Balaban J connectivity index is 2.48. The molecule has 0 radical (unpaired) electrons. The Morgan fingerprint density at radius 1 is 1.40 bits per heavy atom. The van der Waals surface area contributed by atoms with Gasteiger partial charge >= 0.3 is 0 Å². The van der Waals surface area contributed by atoms with Crippen molar-refractivity contribution in [3.05, 3.63) is 36.7 Å². The van der Waals surface area contributed by atoms with Crippen LogP contribution in [0.2, 0.25) is 0 Å². The van der Waals surface area contributed by atoms with Crippen LogP contribution in [0.5, 0.6) is 5.75 Å². The highest BCUT2D eigenvalue weighted by Gasteiger charge is 2.06. The standard InChI is InChI=1S/C11H13N3O/c1-2-15-10-6-4-3-5-9(10)14-8-7-13-11(14)12/h3-8H,2H2,1H3,(H2,12,13). The third kappa shape index (κ3) is 1.79. The van der Waals surface area contributed by atoms with E-state index in [0.717, 1.165) is 11.4 Å². The predicted molar refractivity (Wildman–Crippen MR) is 59.1 cm³/mol. The molecule has 1 aromatic carbocycles. The van der Waals surface area contributed by atoms with Crippen LogP contribution in [0.4, 0.5) is 5.95 Å². The van der Waals surface area contributed by atoms with Crippen molar-refractivity contribution in [1.82, 2.24) is 9.55 Å². The minimum Gasteiger partial charge on any atom is -0.492 e. The van der Waals surface area contributed by atoms with Crippen LogP contribution in [0.1, 0.15) is 6.92 Å². The lowest BCUT2D eigenvalue weighted by Gasteiger charge is -2.11. The van der Waals surface area contributed by atoms with Crippen molar-refractivity contribution in [2.75, 3.05) is 12.3 Å². The molecule has 15 heavy (non-hydrogen) atoms. The summed E-state index contributed by atoms with van der Waals surface area (Å²) in [6.45, 7) is 2.58. The van der Waals surface area contributed by atoms with Crippen molar-refractivity contribution < 1.29 is 4.74 Å². The Labute approximate surface area is 88.3 Å². The van der Waals surface area contributed by atoms with E-state index in [0.29, 0.717) is 12.6 Å². The van der Waals surface area contributed by atoms with E-state index in [4.69, 9.17) is 10.5 Å². The van der Waals surface area contributed by atoms with E-state index in [1.165, 1.54) is 0 Å². The first kappa shape index (κ1) is 9.58. The molecule has 0 saturated heterocycles. The molecule has 0 aliphatic rings. The summed E-state index contributed by atoms with van der Waals surface area (Å²) in [5.74, 6) is 1.27. The van der Waals surface area contributed by atoms with Crippen LogP contribution < -0.4 is 10.5 Å². The summed E-state index contributed by atoms with van der Waals surface area (Å²) in [4.78, 5) is 3.98. The number of hydrogen-bond acceptors (Lipinski definition) is 3. The summed E-state index contributed by atoms with van der Waals surface area (Å²) in [7, 11) is 0. The van der Waals surface area contributed by atoms with Gasteiger partial charge in [-0.2, -0.15) is 0 Å². The Morgan fingerprint density at radius 2 is 2.20 bits per heavy atom. The number of ether oxygens (including phenoxy) is 1. The number of benzene rings is 1. The second-order valence-corrected chi connectivity index (χ2v) is 3.06. The van der Waals surface area contributed by atoms with Crippen LogP contribution in [-0.4, -0.2) is 16.2 Å². The predicted octanol–water partition coefficient (Wildman–Crippen LogP) is 1.85. The van der Waals surface area contributed by atoms with E-state index in [1.54, 1.807) is 10.8 Å². The number of nitrogens with two attached hydrogens (primary N) is 1. The van der Waals surface area contributed by atoms with Gasteiger partial charge in [0.05, 0.1) is 12.3 Å². The summed E-state index contributed by atoms with van der Waals surface area (Å²) in [5, 5.41) is 0. The van der Waals surface area contributed by atoms with Crippen molar-refractivity contribution in [3.8, 4) is 11.4 Å². The lowest BCUT2D eigenvalue weighted by atomic mass is 10.3. The number of nitrogens with zero attached hydrogens (tertiary/aromatic N) is 2. The highest BCUT2D eigenvalue weighted by Crippen LogP contribution is 2.23. The molecule has 0 atom stereocenters. The normalized spacial score (nSPS) is 10.2. The van der Waals surface area contributed by atoms with E-state index in [1.807, 2.05) is 37.4 Å². The van der Waals surface area contributed by atoms with Gasteiger partial charge < -0.3 is 10.5 Å². The van der Waals surface area contributed by atoms with Gasteiger partial charge in [-0.15, -0.1) is 0 Å². The highest BCUT2D eigenvalue weighted by molar-refractivity contribution is 5.50. The van der Waals surface area contributed by atoms with Crippen molar-refractivity contribution in [3.63, 3.8) is 0 Å². The third-order valence-electron chi connectivity index (χ3n) is 2.09. The van der Waals surface area contributed by atoms with Gasteiger partial charge in [0.25, 0.3) is 0 Å².